The van der Waals surface area contributed by atoms with Crippen molar-refractivity contribution >= 4 is 11.6 Å². The number of nitrogens with one attached hydrogen (secondary N) is 2. The van der Waals surface area contributed by atoms with Crippen molar-refractivity contribution in [1.82, 2.24) is 9.97 Å². The lowest BCUT2D eigenvalue weighted by Crippen LogP contribution is -2.26. The predicted octanol–water partition coefficient (Wildman–Crippen LogP) is 2.42. The summed E-state index contributed by atoms with van der Waals surface area (Å²) in [5, 5.41) is 3.46. The van der Waals surface area contributed by atoms with E-state index in [4.69, 9.17) is 10.6 Å². The van der Waals surface area contributed by atoms with Crippen LogP contribution in [0.3, 0.4) is 0 Å². The van der Waals surface area contributed by atoms with E-state index in [-0.39, 0.29) is 5.41 Å². The molecule has 0 amide bonds. The minimum absolute atomic E-state index is 0.142. The van der Waals surface area contributed by atoms with Crippen LogP contribution >= 0.6 is 0 Å². The quantitative estimate of drug-likeness (QED) is 0.504. The van der Waals surface area contributed by atoms with Gasteiger partial charge in [0.1, 0.15) is 17.5 Å². The lowest BCUT2D eigenvalue weighted by Gasteiger charge is -2.25. The third kappa shape index (κ3) is 4.28. The van der Waals surface area contributed by atoms with Gasteiger partial charge in [0.25, 0.3) is 0 Å². The summed E-state index contributed by atoms with van der Waals surface area (Å²) in [5.41, 5.74) is 3.78. The van der Waals surface area contributed by atoms with E-state index < -0.39 is 0 Å². The van der Waals surface area contributed by atoms with Crippen LogP contribution in [0.25, 0.3) is 0 Å². The summed E-state index contributed by atoms with van der Waals surface area (Å²) in [6.45, 7) is 8.03. The maximum atomic E-state index is 5.57. The van der Waals surface area contributed by atoms with Crippen LogP contribution in [0, 0.1) is 12.3 Å². The first-order valence-electron chi connectivity index (χ1n) is 7.55. The van der Waals surface area contributed by atoms with Gasteiger partial charge in [0, 0.05) is 31.7 Å². The highest BCUT2D eigenvalue weighted by Gasteiger charge is 2.28. The van der Waals surface area contributed by atoms with Gasteiger partial charge in [-0.25, -0.2) is 15.8 Å². The Kier molecular flexibility index (Phi) is 5.00. The van der Waals surface area contributed by atoms with Crippen molar-refractivity contribution in [2.45, 2.75) is 46.0 Å². The summed E-state index contributed by atoms with van der Waals surface area (Å²) in [6, 6.07) is 0. The average Bonchev–Trinajstić information content (AvgIpc) is 3.29. The van der Waals surface area contributed by atoms with Gasteiger partial charge in [0.05, 0.1) is 0 Å². The van der Waals surface area contributed by atoms with Crippen molar-refractivity contribution in [3.8, 4) is 0 Å². The van der Waals surface area contributed by atoms with Crippen LogP contribution in [-0.4, -0.2) is 30.2 Å². The minimum Gasteiger partial charge on any atom is -0.385 e. The molecule has 0 bridgehead atoms. The molecule has 6 nitrogen and oxygen atoms in total. The Labute approximate surface area is 126 Å². The molecule has 0 aliphatic heterocycles. The van der Waals surface area contributed by atoms with Gasteiger partial charge in [0.15, 0.2) is 0 Å². The molecule has 118 valence electrons. The second-order valence-electron chi connectivity index (χ2n) is 6.58. The Morgan fingerprint density at radius 3 is 2.52 bits per heavy atom. The molecule has 1 aliphatic carbocycles. The number of rotatable bonds is 8. The van der Waals surface area contributed by atoms with Crippen molar-refractivity contribution in [2.24, 2.45) is 11.3 Å². The number of methoxy groups -OCH3 is 1. The summed E-state index contributed by atoms with van der Waals surface area (Å²) < 4.78 is 5.17. The molecule has 21 heavy (non-hydrogen) atoms. The third-order valence-electron chi connectivity index (χ3n) is 3.96. The Morgan fingerprint density at radius 1 is 1.29 bits per heavy atom. The molecule has 0 atom stereocenters. The number of nitrogens with two attached hydrogens (primary N) is 1. The van der Waals surface area contributed by atoms with Gasteiger partial charge in [-0.3, -0.25) is 0 Å². The Balaban J connectivity index is 2.09. The van der Waals surface area contributed by atoms with Crippen LogP contribution in [0.1, 0.15) is 50.4 Å². The van der Waals surface area contributed by atoms with E-state index in [1.807, 2.05) is 6.92 Å². The topological polar surface area (TPSA) is 85.1 Å². The van der Waals surface area contributed by atoms with E-state index in [1.165, 1.54) is 12.8 Å². The average molecular weight is 293 g/mol. The van der Waals surface area contributed by atoms with E-state index in [0.717, 1.165) is 36.8 Å². The SMILES string of the molecule is COCCC(C)(C)CNc1nc(C2CC2)nc(NN)c1C. The lowest BCUT2D eigenvalue weighted by atomic mass is 9.89. The zero-order valence-electron chi connectivity index (χ0n) is 13.5. The van der Waals surface area contributed by atoms with Crippen LogP contribution in [0.2, 0.25) is 0 Å². The third-order valence-corrected chi connectivity index (χ3v) is 3.96. The van der Waals surface area contributed by atoms with Gasteiger partial charge in [-0.05, 0) is 31.6 Å². The smallest absolute Gasteiger partial charge is 0.148 e. The molecule has 0 aromatic carbocycles. The molecule has 1 fully saturated rings. The fraction of sp³-hybridized carbons (Fsp3) is 0.733. The summed E-state index contributed by atoms with van der Waals surface area (Å²) in [6.07, 6.45) is 3.34. The highest BCUT2D eigenvalue weighted by molar-refractivity contribution is 5.57. The fourth-order valence-electron chi connectivity index (χ4n) is 2.16. The molecule has 1 aliphatic rings. The summed E-state index contributed by atoms with van der Waals surface area (Å²) in [7, 11) is 1.74. The van der Waals surface area contributed by atoms with E-state index >= 15 is 0 Å². The van der Waals surface area contributed by atoms with Crippen LogP contribution in [0.4, 0.5) is 11.6 Å². The van der Waals surface area contributed by atoms with Crippen molar-refractivity contribution in [3.63, 3.8) is 0 Å². The first-order chi connectivity index (χ1) is 9.96. The highest BCUT2D eigenvalue weighted by atomic mass is 16.5. The van der Waals surface area contributed by atoms with Gasteiger partial charge in [-0.15, -0.1) is 0 Å². The predicted molar refractivity (Wildman–Crippen MR) is 85.3 cm³/mol. The molecule has 6 heteroatoms. The molecular weight excluding hydrogens is 266 g/mol. The largest absolute Gasteiger partial charge is 0.385 e. The van der Waals surface area contributed by atoms with Crippen LogP contribution in [-0.2, 0) is 4.74 Å². The Bertz CT molecular complexity index is 485. The Hall–Kier alpha value is -1.40. The second kappa shape index (κ2) is 6.58. The number of nitrogens with zero attached hydrogens (tertiary/aromatic N) is 2. The van der Waals surface area contributed by atoms with Gasteiger partial charge < -0.3 is 15.5 Å². The zero-order chi connectivity index (χ0) is 15.5. The molecule has 1 heterocycles. The summed E-state index contributed by atoms with van der Waals surface area (Å²) in [4.78, 5) is 9.18. The first-order valence-corrected chi connectivity index (χ1v) is 7.55. The molecule has 1 saturated carbocycles. The summed E-state index contributed by atoms with van der Waals surface area (Å²) >= 11 is 0. The van der Waals surface area contributed by atoms with Crippen molar-refractivity contribution in [1.29, 1.82) is 0 Å². The van der Waals surface area contributed by atoms with Gasteiger partial charge in [-0.1, -0.05) is 13.8 Å². The Morgan fingerprint density at radius 2 is 1.95 bits per heavy atom. The lowest BCUT2D eigenvalue weighted by molar-refractivity contribution is 0.157. The normalized spacial score (nSPS) is 15.1. The number of hydrazine groups is 1. The molecule has 4 N–H and O–H groups in total. The number of nitrogen functional groups attached to an aromatic ring is 1. The zero-order valence-corrected chi connectivity index (χ0v) is 13.5. The molecule has 0 unspecified atom stereocenters. The van der Waals surface area contributed by atoms with Crippen molar-refractivity contribution < 1.29 is 4.74 Å². The molecule has 0 saturated heterocycles. The molecule has 1 aromatic rings. The van der Waals surface area contributed by atoms with Crippen molar-refractivity contribution in [3.05, 3.63) is 11.4 Å². The highest BCUT2D eigenvalue weighted by Crippen LogP contribution is 2.39. The maximum Gasteiger partial charge on any atom is 0.148 e. The van der Waals surface area contributed by atoms with Crippen LogP contribution in [0.15, 0.2) is 0 Å². The van der Waals surface area contributed by atoms with Gasteiger partial charge >= 0.3 is 0 Å². The number of ether oxygens (including phenoxy) is 1. The molecular formula is C15H27N5O. The molecule has 0 spiro atoms. The first kappa shape index (κ1) is 16.0. The van der Waals surface area contributed by atoms with Crippen molar-refractivity contribution in [2.75, 3.05) is 31.0 Å². The van der Waals surface area contributed by atoms with Crippen LogP contribution < -0.4 is 16.6 Å². The van der Waals surface area contributed by atoms with Crippen LogP contribution in [0.5, 0.6) is 0 Å². The summed E-state index contributed by atoms with van der Waals surface area (Å²) in [5.74, 6) is 8.56. The maximum absolute atomic E-state index is 5.57. The van der Waals surface area contributed by atoms with Gasteiger partial charge in [-0.2, -0.15) is 0 Å². The number of anilines is 2. The number of hydrogen-bond acceptors (Lipinski definition) is 6. The van der Waals surface area contributed by atoms with E-state index in [1.54, 1.807) is 7.11 Å². The molecule has 2 rings (SSSR count). The minimum atomic E-state index is 0.142. The van der Waals surface area contributed by atoms with Gasteiger partial charge in [0.2, 0.25) is 0 Å². The monoisotopic (exact) mass is 293 g/mol. The number of aromatic nitrogens is 2. The molecule has 0 radical (unpaired) electrons. The number of hydrogen-bond donors (Lipinski definition) is 3. The van der Waals surface area contributed by atoms with E-state index in [2.05, 4.69) is 34.6 Å². The standard InChI is InChI=1S/C15H27N5O/c1-10-12(17-9-15(2,3)7-8-21-4)18-14(11-5-6-11)19-13(10)20-16/h11H,5-9,16H2,1-4H3,(H2,17,18,19,20). The van der Waals surface area contributed by atoms with E-state index in [0.29, 0.717) is 11.7 Å². The van der Waals surface area contributed by atoms with E-state index in [9.17, 15) is 0 Å². The molecule has 1 aromatic heterocycles. The fourth-order valence-corrected chi connectivity index (χ4v) is 2.16. The second-order valence-corrected chi connectivity index (χ2v) is 6.58.